The van der Waals surface area contributed by atoms with E-state index in [0.717, 1.165) is 25.5 Å². The summed E-state index contributed by atoms with van der Waals surface area (Å²) >= 11 is 0. The van der Waals surface area contributed by atoms with Crippen LogP contribution >= 0.6 is 0 Å². The van der Waals surface area contributed by atoms with E-state index >= 15 is 0 Å². The normalized spacial score (nSPS) is 24.5. The molecule has 1 aliphatic heterocycles. The molecular formula is C14H20F2N2. The summed E-state index contributed by atoms with van der Waals surface area (Å²) in [6, 6.07) is 4.60. The number of hydrogen-bond acceptors (Lipinski definition) is 2. The number of hydrogen-bond donors (Lipinski definition) is 2. The maximum Gasteiger partial charge on any atom is 0.130 e. The Morgan fingerprint density at radius 1 is 1.33 bits per heavy atom. The Hall–Kier alpha value is -1.00. The zero-order valence-electron chi connectivity index (χ0n) is 10.8. The number of nitrogens with one attached hydrogen (secondary N) is 2. The molecule has 2 atom stereocenters. The SMILES string of the molecule is CC(C)N[C@@H]1CCN[C@H](c2ccc(F)cc2F)C1. The molecule has 0 bridgehead atoms. The van der Waals surface area contributed by atoms with Crippen molar-refractivity contribution < 1.29 is 8.78 Å². The van der Waals surface area contributed by atoms with Crippen molar-refractivity contribution in [1.82, 2.24) is 10.6 Å². The Morgan fingerprint density at radius 3 is 2.78 bits per heavy atom. The fourth-order valence-corrected chi connectivity index (χ4v) is 2.56. The van der Waals surface area contributed by atoms with E-state index in [1.165, 1.54) is 6.07 Å². The molecule has 0 saturated carbocycles. The van der Waals surface area contributed by atoms with Crippen molar-refractivity contribution in [3.05, 3.63) is 35.4 Å². The maximum absolute atomic E-state index is 13.7. The van der Waals surface area contributed by atoms with E-state index in [1.54, 1.807) is 6.07 Å². The van der Waals surface area contributed by atoms with Crippen LogP contribution in [-0.4, -0.2) is 18.6 Å². The fourth-order valence-electron chi connectivity index (χ4n) is 2.56. The molecule has 2 nitrogen and oxygen atoms in total. The molecule has 18 heavy (non-hydrogen) atoms. The minimum Gasteiger partial charge on any atom is -0.312 e. The Morgan fingerprint density at radius 2 is 2.11 bits per heavy atom. The second-order valence-corrected chi connectivity index (χ2v) is 5.22. The quantitative estimate of drug-likeness (QED) is 0.866. The topological polar surface area (TPSA) is 24.1 Å². The third-order valence-electron chi connectivity index (χ3n) is 3.31. The number of piperidine rings is 1. The maximum atomic E-state index is 13.7. The summed E-state index contributed by atoms with van der Waals surface area (Å²) in [5, 5.41) is 6.77. The molecule has 1 aromatic rings. The standard InChI is InChI=1S/C14H20F2N2/c1-9(2)18-11-5-6-17-14(8-11)12-4-3-10(15)7-13(12)16/h3-4,7,9,11,14,17-18H,5-6,8H2,1-2H3/t11-,14+/m1/s1. The van der Waals surface area contributed by atoms with Crippen LogP contribution in [0.5, 0.6) is 0 Å². The first-order valence-electron chi connectivity index (χ1n) is 6.50. The zero-order chi connectivity index (χ0) is 13.1. The first-order chi connectivity index (χ1) is 8.56. The predicted octanol–water partition coefficient (Wildman–Crippen LogP) is 2.76. The highest BCUT2D eigenvalue weighted by Gasteiger charge is 2.24. The van der Waals surface area contributed by atoms with Gasteiger partial charge in [-0.25, -0.2) is 8.78 Å². The Balaban J connectivity index is 2.08. The van der Waals surface area contributed by atoms with E-state index in [-0.39, 0.29) is 6.04 Å². The second-order valence-electron chi connectivity index (χ2n) is 5.22. The van der Waals surface area contributed by atoms with E-state index in [2.05, 4.69) is 24.5 Å². The molecule has 0 amide bonds. The van der Waals surface area contributed by atoms with Gasteiger partial charge in [-0.2, -0.15) is 0 Å². The van der Waals surface area contributed by atoms with Gasteiger partial charge in [0.1, 0.15) is 11.6 Å². The van der Waals surface area contributed by atoms with Crippen LogP contribution in [0.25, 0.3) is 0 Å². The summed E-state index contributed by atoms with van der Waals surface area (Å²) in [7, 11) is 0. The lowest BCUT2D eigenvalue weighted by atomic mass is 9.93. The Bertz CT molecular complexity index is 407. The van der Waals surface area contributed by atoms with Gasteiger partial charge in [-0.15, -0.1) is 0 Å². The molecular weight excluding hydrogens is 234 g/mol. The molecule has 0 unspecified atom stereocenters. The van der Waals surface area contributed by atoms with Crippen LogP contribution in [0, 0.1) is 11.6 Å². The Kier molecular flexibility index (Phi) is 4.30. The van der Waals surface area contributed by atoms with Crippen LogP contribution < -0.4 is 10.6 Å². The molecule has 1 aliphatic rings. The number of halogens is 2. The largest absolute Gasteiger partial charge is 0.312 e. The van der Waals surface area contributed by atoms with E-state index in [1.807, 2.05) is 0 Å². The van der Waals surface area contributed by atoms with Crippen molar-refractivity contribution >= 4 is 0 Å². The molecule has 1 aromatic carbocycles. The van der Waals surface area contributed by atoms with Crippen molar-refractivity contribution in [3.63, 3.8) is 0 Å². The van der Waals surface area contributed by atoms with E-state index < -0.39 is 11.6 Å². The zero-order valence-corrected chi connectivity index (χ0v) is 10.8. The average molecular weight is 254 g/mol. The summed E-state index contributed by atoms with van der Waals surface area (Å²) in [6.07, 6.45) is 1.87. The van der Waals surface area contributed by atoms with Gasteiger partial charge >= 0.3 is 0 Å². The van der Waals surface area contributed by atoms with Crippen LogP contribution in [-0.2, 0) is 0 Å². The summed E-state index contributed by atoms with van der Waals surface area (Å²) in [4.78, 5) is 0. The molecule has 2 N–H and O–H groups in total. The van der Waals surface area contributed by atoms with Gasteiger partial charge < -0.3 is 10.6 Å². The van der Waals surface area contributed by atoms with Crippen LogP contribution in [0.15, 0.2) is 18.2 Å². The monoisotopic (exact) mass is 254 g/mol. The highest BCUT2D eigenvalue weighted by atomic mass is 19.1. The van der Waals surface area contributed by atoms with Crippen molar-refractivity contribution in [2.75, 3.05) is 6.54 Å². The molecule has 0 aliphatic carbocycles. The van der Waals surface area contributed by atoms with E-state index in [4.69, 9.17) is 0 Å². The molecule has 1 fully saturated rings. The third-order valence-corrected chi connectivity index (χ3v) is 3.31. The smallest absolute Gasteiger partial charge is 0.130 e. The van der Waals surface area contributed by atoms with Crippen LogP contribution in [0.3, 0.4) is 0 Å². The fraction of sp³-hybridized carbons (Fsp3) is 0.571. The second kappa shape index (κ2) is 5.76. The van der Waals surface area contributed by atoms with Crippen molar-refractivity contribution in [2.24, 2.45) is 0 Å². The Labute approximate surface area is 107 Å². The molecule has 1 heterocycles. The van der Waals surface area contributed by atoms with Gasteiger partial charge in [0.2, 0.25) is 0 Å². The number of rotatable bonds is 3. The minimum atomic E-state index is -0.524. The lowest BCUT2D eigenvalue weighted by molar-refractivity contribution is 0.304. The van der Waals surface area contributed by atoms with Crippen molar-refractivity contribution in [3.8, 4) is 0 Å². The first kappa shape index (κ1) is 13.4. The van der Waals surface area contributed by atoms with Gasteiger partial charge in [0.15, 0.2) is 0 Å². The third kappa shape index (κ3) is 3.27. The van der Waals surface area contributed by atoms with E-state index in [0.29, 0.717) is 17.6 Å². The predicted molar refractivity (Wildman–Crippen MR) is 68.4 cm³/mol. The van der Waals surface area contributed by atoms with Gasteiger partial charge in [-0.05, 0) is 25.5 Å². The van der Waals surface area contributed by atoms with E-state index in [9.17, 15) is 8.78 Å². The summed E-state index contributed by atoms with van der Waals surface area (Å²) < 4.78 is 26.6. The van der Waals surface area contributed by atoms with Gasteiger partial charge in [0.05, 0.1) is 0 Å². The molecule has 4 heteroatoms. The summed E-state index contributed by atoms with van der Waals surface area (Å²) in [5.74, 6) is -0.985. The molecule has 0 radical (unpaired) electrons. The van der Waals surface area contributed by atoms with Crippen molar-refractivity contribution in [2.45, 2.75) is 44.8 Å². The molecule has 0 spiro atoms. The summed E-state index contributed by atoms with van der Waals surface area (Å²) in [6.45, 7) is 5.07. The average Bonchev–Trinajstić information content (AvgIpc) is 2.28. The minimum absolute atomic E-state index is 0.0319. The van der Waals surface area contributed by atoms with Crippen LogP contribution in [0.2, 0.25) is 0 Å². The first-order valence-corrected chi connectivity index (χ1v) is 6.50. The lowest BCUT2D eigenvalue weighted by Crippen LogP contribution is -2.44. The number of benzene rings is 1. The van der Waals surface area contributed by atoms with Crippen LogP contribution in [0.4, 0.5) is 8.78 Å². The molecule has 2 rings (SSSR count). The molecule has 100 valence electrons. The van der Waals surface area contributed by atoms with Gasteiger partial charge in [-0.1, -0.05) is 19.9 Å². The van der Waals surface area contributed by atoms with Gasteiger partial charge in [0, 0.05) is 29.8 Å². The lowest BCUT2D eigenvalue weighted by Gasteiger charge is -2.32. The highest BCUT2D eigenvalue weighted by Crippen LogP contribution is 2.26. The highest BCUT2D eigenvalue weighted by molar-refractivity contribution is 5.23. The van der Waals surface area contributed by atoms with Gasteiger partial charge in [0.25, 0.3) is 0 Å². The van der Waals surface area contributed by atoms with Crippen LogP contribution in [0.1, 0.15) is 38.3 Å². The summed E-state index contributed by atoms with van der Waals surface area (Å²) in [5.41, 5.74) is 0.562. The van der Waals surface area contributed by atoms with Gasteiger partial charge in [-0.3, -0.25) is 0 Å². The van der Waals surface area contributed by atoms with Crippen molar-refractivity contribution in [1.29, 1.82) is 0 Å². The molecule has 0 aromatic heterocycles. The molecule has 1 saturated heterocycles.